The Morgan fingerprint density at radius 1 is 1.05 bits per heavy atom. The quantitative estimate of drug-likeness (QED) is 0.908. The van der Waals surface area contributed by atoms with Gasteiger partial charge in [-0.05, 0) is 55.7 Å². The Balaban J connectivity index is 2.04. The van der Waals surface area contributed by atoms with Crippen LogP contribution in [0.4, 0.5) is 0 Å². The van der Waals surface area contributed by atoms with E-state index in [1.54, 1.807) is 0 Å². The van der Waals surface area contributed by atoms with E-state index >= 15 is 0 Å². The number of benzene rings is 2. The first-order valence-corrected chi connectivity index (χ1v) is 7.07. The highest BCUT2D eigenvalue weighted by molar-refractivity contribution is 6.31. The molecule has 2 nitrogen and oxygen atoms in total. The first kappa shape index (κ1) is 14.9. The van der Waals surface area contributed by atoms with Crippen LogP contribution in [-0.4, -0.2) is 6.61 Å². The van der Waals surface area contributed by atoms with Gasteiger partial charge in [0.25, 0.3) is 0 Å². The van der Waals surface area contributed by atoms with Gasteiger partial charge in [0, 0.05) is 5.02 Å². The minimum atomic E-state index is -0.133. The van der Waals surface area contributed by atoms with E-state index < -0.39 is 0 Å². The first-order chi connectivity index (χ1) is 9.47. The molecule has 0 aliphatic rings. The summed E-state index contributed by atoms with van der Waals surface area (Å²) < 4.78 is 5.76. The molecule has 0 aromatic heterocycles. The van der Waals surface area contributed by atoms with Gasteiger partial charge in [-0.15, -0.1) is 0 Å². The maximum atomic E-state index is 6.21. The van der Waals surface area contributed by atoms with Gasteiger partial charge in [0.15, 0.2) is 0 Å². The Hall–Kier alpha value is -1.51. The highest BCUT2D eigenvalue weighted by Gasteiger charge is 2.10. The third-order valence-electron chi connectivity index (χ3n) is 3.38. The van der Waals surface area contributed by atoms with E-state index in [9.17, 15) is 0 Å². The van der Waals surface area contributed by atoms with Gasteiger partial charge in [-0.2, -0.15) is 0 Å². The second kappa shape index (κ2) is 6.29. The first-order valence-electron chi connectivity index (χ1n) is 6.69. The molecule has 0 heterocycles. The molecule has 106 valence electrons. The van der Waals surface area contributed by atoms with E-state index in [1.165, 1.54) is 11.1 Å². The van der Waals surface area contributed by atoms with E-state index in [0.717, 1.165) is 21.9 Å². The second-order valence-electron chi connectivity index (χ2n) is 5.19. The average molecular weight is 290 g/mol. The Kier molecular flexibility index (Phi) is 4.69. The smallest absolute Gasteiger partial charge is 0.119 e. The molecule has 0 aliphatic carbocycles. The zero-order valence-corrected chi connectivity index (χ0v) is 12.9. The molecule has 2 rings (SSSR count). The summed E-state index contributed by atoms with van der Waals surface area (Å²) in [5.74, 6) is 0.798. The number of hydrogen-bond acceptors (Lipinski definition) is 2. The molecule has 0 spiro atoms. The van der Waals surface area contributed by atoms with Gasteiger partial charge in [0.1, 0.15) is 12.4 Å². The molecule has 0 saturated carbocycles. The normalized spacial score (nSPS) is 12.2. The van der Waals surface area contributed by atoms with E-state index in [2.05, 4.69) is 32.0 Å². The fourth-order valence-corrected chi connectivity index (χ4v) is 2.34. The molecular formula is C17H20ClNO. The molecule has 2 N–H and O–H groups in total. The maximum Gasteiger partial charge on any atom is 0.119 e. The van der Waals surface area contributed by atoms with Gasteiger partial charge < -0.3 is 10.5 Å². The SMILES string of the molecule is Cc1ccc(C(N)COc2ccc(Cl)c(C)c2)c(C)c1. The lowest BCUT2D eigenvalue weighted by molar-refractivity contribution is 0.290. The Labute approximate surface area is 125 Å². The van der Waals surface area contributed by atoms with Crippen LogP contribution in [0.25, 0.3) is 0 Å². The summed E-state index contributed by atoms with van der Waals surface area (Å²) in [4.78, 5) is 0. The topological polar surface area (TPSA) is 35.2 Å². The van der Waals surface area contributed by atoms with Crippen molar-refractivity contribution in [3.05, 3.63) is 63.7 Å². The number of ether oxygens (including phenoxy) is 1. The number of hydrogen-bond donors (Lipinski definition) is 1. The van der Waals surface area contributed by atoms with Gasteiger partial charge in [0.2, 0.25) is 0 Å². The molecule has 0 bridgehead atoms. The molecule has 2 aromatic rings. The zero-order chi connectivity index (χ0) is 14.7. The monoisotopic (exact) mass is 289 g/mol. The molecule has 0 aliphatic heterocycles. The van der Waals surface area contributed by atoms with Crippen molar-refractivity contribution >= 4 is 11.6 Å². The lowest BCUT2D eigenvalue weighted by atomic mass is 10.0. The van der Waals surface area contributed by atoms with Crippen molar-refractivity contribution in [3.63, 3.8) is 0 Å². The van der Waals surface area contributed by atoms with Crippen LogP contribution in [0.15, 0.2) is 36.4 Å². The molecular weight excluding hydrogens is 270 g/mol. The van der Waals surface area contributed by atoms with Crippen molar-refractivity contribution in [1.82, 2.24) is 0 Å². The van der Waals surface area contributed by atoms with Crippen LogP contribution in [0.1, 0.15) is 28.3 Å². The molecule has 0 amide bonds. The molecule has 0 radical (unpaired) electrons. The molecule has 1 atom stereocenters. The van der Waals surface area contributed by atoms with E-state index in [1.807, 2.05) is 25.1 Å². The van der Waals surface area contributed by atoms with Gasteiger partial charge in [-0.1, -0.05) is 35.4 Å². The van der Waals surface area contributed by atoms with Crippen LogP contribution in [0.3, 0.4) is 0 Å². The Bertz CT molecular complexity index is 610. The predicted molar refractivity (Wildman–Crippen MR) is 84.5 cm³/mol. The van der Waals surface area contributed by atoms with Crippen LogP contribution in [0, 0.1) is 20.8 Å². The zero-order valence-electron chi connectivity index (χ0n) is 12.1. The molecule has 20 heavy (non-hydrogen) atoms. The number of aryl methyl sites for hydroxylation is 3. The molecule has 1 unspecified atom stereocenters. The molecule has 0 saturated heterocycles. The van der Waals surface area contributed by atoms with Crippen molar-refractivity contribution < 1.29 is 4.74 Å². The fourth-order valence-electron chi connectivity index (χ4n) is 2.22. The largest absolute Gasteiger partial charge is 0.492 e. The highest BCUT2D eigenvalue weighted by Crippen LogP contribution is 2.23. The molecule has 2 aromatic carbocycles. The summed E-state index contributed by atoms with van der Waals surface area (Å²) in [5.41, 5.74) is 10.8. The summed E-state index contributed by atoms with van der Waals surface area (Å²) in [6, 6.07) is 11.8. The van der Waals surface area contributed by atoms with Crippen LogP contribution >= 0.6 is 11.6 Å². The maximum absolute atomic E-state index is 6.21. The van der Waals surface area contributed by atoms with Crippen molar-refractivity contribution in [3.8, 4) is 5.75 Å². The summed E-state index contributed by atoms with van der Waals surface area (Å²) >= 11 is 5.99. The van der Waals surface area contributed by atoms with E-state index in [-0.39, 0.29) is 6.04 Å². The third-order valence-corrected chi connectivity index (χ3v) is 3.81. The Morgan fingerprint density at radius 2 is 1.80 bits per heavy atom. The van der Waals surface area contributed by atoms with Crippen molar-refractivity contribution in [2.24, 2.45) is 5.73 Å². The number of halogens is 1. The van der Waals surface area contributed by atoms with Crippen LogP contribution < -0.4 is 10.5 Å². The van der Waals surface area contributed by atoms with E-state index in [0.29, 0.717) is 6.61 Å². The summed E-state index contributed by atoms with van der Waals surface area (Å²) in [7, 11) is 0. The molecule has 0 fully saturated rings. The summed E-state index contributed by atoms with van der Waals surface area (Å²) in [6.07, 6.45) is 0. The number of nitrogens with two attached hydrogens (primary N) is 1. The second-order valence-corrected chi connectivity index (χ2v) is 5.60. The van der Waals surface area contributed by atoms with Crippen LogP contribution in [0.5, 0.6) is 5.75 Å². The van der Waals surface area contributed by atoms with Gasteiger partial charge in [-0.25, -0.2) is 0 Å². The minimum Gasteiger partial charge on any atom is -0.492 e. The van der Waals surface area contributed by atoms with E-state index in [4.69, 9.17) is 22.1 Å². The predicted octanol–water partition coefficient (Wildman–Crippen LogP) is 4.34. The summed E-state index contributed by atoms with van der Waals surface area (Å²) in [5, 5.41) is 0.746. The van der Waals surface area contributed by atoms with Gasteiger partial charge in [-0.3, -0.25) is 0 Å². The standard InChI is InChI=1S/C17H20ClNO/c1-11-4-6-15(12(2)8-11)17(19)10-20-14-5-7-16(18)13(3)9-14/h4-9,17H,10,19H2,1-3H3. The minimum absolute atomic E-state index is 0.133. The summed E-state index contributed by atoms with van der Waals surface area (Å²) in [6.45, 7) is 6.56. The number of rotatable bonds is 4. The van der Waals surface area contributed by atoms with Crippen molar-refractivity contribution in [1.29, 1.82) is 0 Å². The van der Waals surface area contributed by atoms with Crippen LogP contribution in [0.2, 0.25) is 5.02 Å². The average Bonchev–Trinajstić information content (AvgIpc) is 2.40. The van der Waals surface area contributed by atoms with Crippen molar-refractivity contribution in [2.45, 2.75) is 26.8 Å². The fraction of sp³-hybridized carbons (Fsp3) is 0.294. The Morgan fingerprint density at radius 3 is 2.45 bits per heavy atom. The lowest BCUT2D eigenvalue weighted by Crippen LogP contribution is -2.20. The molecule has 3 heteroatoms. The van der Waals surface area contributed by atoms with Gasteiger partial charge >= 0.3 is 0 Å². The highest BCUT2D eigenvalue weighted by atomic mass is 35.5. The van der Waals surface area contributed by atoms with Gasteiger partial charge in [0.05, 0.1) is 6.04 Å². The third kappa shape index (κ3) is 3.53. The van der Waals surface area contributed by atoms with Crippen molar-refractivity contribution in [2.75, 3.05) is 6.61 Å². The lowest BCUT2D eigenvalue weighted by Gasteiger charge is -2.16. The van der Waals surface area contributed by atoms with Crippen LogP contribution in [-0.2, 0) is 0 Å².